The maximum atomic E-state index is 13.3. The number of nitrogens with zero attached hydrogens (tertiary/aromatic N) is 1. The highest BCUT2D eigenvalue weighted by Crippen LogP contribution is 2.31. The zero-order chi connectivity index (χ0) is 21.5. The molecular weight excluding hydrogens is 392 g/mol. The summed E-state index contributed by atoms with van der Waals surface area (Å²) in [6, 6.07) is 14.8. The van der Waals surface area contributed by atoms with Crippen LogP contribution in [0.3, 0.4) is 0 Å². The van der Waals surface area contributed by atoms with Gasteiger partial charge in [0, 0.05) is 47.2 Å². The number of aryl methyl sites for hydroxylation is 1. The van der Waals surface area contributed by atoms with E-state index >= 15 is 0 Å². The van der Waals surface area contributed by atoms with Gasteiger partial charge in [-0.2, -0.15) is 0 Å². The quantitative estimate of drug-likeness (QED) is 0.612. The van der Waals surface area contributed by atoms with E-state index in [1.807, 2.05) is 48.2 Å². The molecule has 0 radical (unpaired) electrons. The summed E-state index contributed by atoms with van der Waals surface area (Å²) in [6.45, 7) is 2.39. The van der Waals surface area contributed by atoms with Gasteiger partial charge in [-0.05, 0) is 49.6 Å². The van der Waals surface area contributed by atoms with Crippen molar-refractivity contribution in [2.24, 2.45) is 0 Å². The van der Waals surface area contributed by atoms with Gasteiger partial charge in [0.2, 0.25) is 5.91 Å². The van der Waals surface area contributed by atoms with Crippen LogP contribution in [0.15, 0.2) is 48.5 Å². The van der Waals surface area contributed by atoms with Crippen LogP contribution < -0.4 is 10.6 Å². The molecule has 5 rings (SSSR count). The van der Waals surface area contributed by atoms with Crippen molar-refractivity contribution in [2.45, 2.75) is 38.3 Å². The van der Waals surface area contributed by atoms with Gasteiger partial charge in [0.25, 0.3) is 11.8 Å². The smallest absolute Gasteiger partial charge is 0.272 e. The molecule has 7 nitrogen and oxygen atoms in total. The summed E-state index contributed by atoms with van der Waals surface area (Å²) in [5.74, 6) is -0.348. The van der Waals surface area contributed by atoms with Crippen LogP contribution in [0, 0.1) is 6.92 Å². The highest BCUT2D eigenvalue weighted by atomic mass is 16.2. The Kier molecular flexibility index (Phi) is 4.73. The van der Waals surface area contributed by atoms with E-state index in [1.54, 1.807) is 12.1 Å². The molecule has 2 aromatic carbocycles. The Morgan fingerprint density at radius 1 is 1.06 bits per heavy atom. The molecule has 31 heavy (non-hydrogen) atoms. The molecule has 3 amide bonds. The second kappa shape index (κ2) is 7.58. The van der Waals surface area contributed by atoms with Crippen molar-refractivity contribution in [3.05, 3.63) is 65.4 Å². The minimum absolute atomic E-state index is 0.000179. The monoisotopic (exact) mass is 416 g/mol. The first-order valence-corrected chi connectivity index (χ1v) is 10.6. The number of H-pyrrole nitrogens is 1. The number of rotatable bonds is 3. The number of para-hydroxylation sites is 1. The van der Waals surface area contributed by atoms with E-state index in [4.69, 9.17) is 0 Å². The molecule has 2 aliphatic rings. The molecule has 2 atom stereocenters. The van der Waals surface area contributed by atoms with Crippen molar-refractivity contribution in [3.8, 4) is 0 Å². The van der Waals surface area contributed by atoms with E-state index in [0.29, 0.717) is 29.9 Å². The normalized spacial score (nSPS) is 20.4. The number of hydrogen-bond donors (Lipinski definition) is 3. The molecule has 158 valence electrons. The van der Waals surface area contributed by atoms with Crippen molar-refractivity contribution in [3.63, 3.8) is 0 Å². The summed E-state index contributed by atoms with van der Waals surface area (Å²) < 4.78 is 0. The Hall–Kier alpha value is -3.61. The molecule has 2 aliphatic heterocycles. The first kappa shape index (κ1) is 19.4. The summed E-state index contributed by atoms with van der Waals surface area (Å²) in [6.07, 6.45) is 2.09. The summed E-state index contributed by atoms with van der Waals surface area (Å²) in [5, 5.41) is 6.80. The van der Waals surface area contributed by atoms with E-state index in [1.165, 1.54) is 0 Å². The number of anilines is 1. The minimum Gasteiger partial charge on any atom is -0.354 e. The second-order valence-corrected chi connectivity index (χ2v) is 8.36. The fourth-order valence-electron chi connectivity index (χ4n) is 4.64. The van der Waals surface area contributed by atoms with Crippen LogP contribution in [-0.2, 0) is 4.79 Å². The van der Waals surface area contributed by atoms with Crippen LogP contribution in [0.2, 0.25) is 0 Å². The molecule has 2 saturated heterocycles. The van der Waals surface area contributed by atoms with Crippen LogP contribution in [0.25, 0.3) is 10.9 Å². The number of benzene rings is 2. The summed E-state index contributed by atoms with van der Waals surface area (Å²) in [5.41, 5.74) is 3.35. The Morgan fingerprint density at radius 3 is 2.71 bits per heavy atom. The average Bonchev–Trinajstić information content (AvgIpc) is 3.32. The van der Waals surface area contributed by atoms with E-state index in [0.717, 1.165) is 29.3 Å². The fourth-order valence-corrected chi connectivity index (χ4v) is 4.64. The van der Waals surface area contributed by atoms with E-state index in [-0.39, 0.29) is 29.8 Å². The number of hydrogen-bond acceptors (Lipinski definition) is 3. The van der Waals surface area contributed by atoms with Crippen LogP contribution in [0.5, 0.6) is 0 Å². The third kappa shape index (κ3) is 3.56. The van der Waals surface area contributed by atoms with E-state index in [9.17, 15) is 14.4 Å². The molecule has 7 heteroatoms. The zero-order valence-electron chi connectivity index (χ0n) is 17.3. The molecule has 2 bridgehead atoms. The second-order valence-electron chi connectivity index (χ2n) is 8.36. The SMILES string of the molecule is Cc1ccc(C(=O)N2[C@@H]3CC[C@H]2CNC(=O)C3)cc1NC(=O)c1cc2ccccc2[nH]1. The lowest BCUT2D eigenvalue weighted by Gasteiger charge is -2.27. The Balaban J connectivity index is 1.39. The van der Waals surface area contributed by atoms with Gasteiger partial charge in [-0.1, -0.05) is 24.3 Å². The van der Waals surface area contributed by atoms with Crippen LogP contribution in [-0.4, -0.2) is 46.2 Å². The number of aromatic amines is 1. The molecule has 3 aromatic rings. The summed E-state index contributed by atoms with van der Waals surface area (Å²) in [4.78, 5) is 43.0. The van der Waals surface area contributed by atoms with Gasteiger partial charge in [0.05, 0.1) is 0 Å². The first-order valence-electron chi connectivity index (χ1n) is 10.6. The van der Waals surface area contributed by atoms with Gasteiger partial charge >= 0.3 is 0 Å². The van der Waals surface area contributed by atoms with E-state index < -0.39 is 0 Å². The van der Waals surface area contributed by atoms with Crippen LogP contribution >= 0.6 is 0 Å². The molecule has 2 fully saturated rings. The highest BCUT2D eigenvalue weighted by Gasteiger charge is 2.40. The Morgan fingerprint density at radius 2 is 1.87 bits per heavy atom. The third-order valence-electron chi connectivity index (χ3n) is 6.32. The fraction of sp³-hybridized carbons (Fsp3) is 0.292. The van der Waals surface area contributed by atoms with Gasteiger partial charge in [0.15, 0.2) is 0 Å². The lowest BCUT2D eigenvalue weighted by Crippen LogP contribution is -2.42. The number of fused-ring (bicyclic) bond motifs is 3. The number of amides is 3. The van der Waals surface area contributed by atoms with Crippen molar-refractivity contribution < 1.29 is 14.4 Å². The molecule has 0 saturated carbocycles. The molecule has 0 unspecified atom stereocenters. The number of aromatic nitrogens is 1. The van der Waals surface area contributed by atoms with Gasteiger partial charge in [-0.15, -0.1) is 0 Å². The largest absolute Gasteiger partial charge is 0.354 e. The summed E-state index contributed by atoms with van der Waals surface area (Å²) >= 11 is 0. The lowest BCUT2D eigenvalue weighted by atomic mass is 10.1. The minimum atomic E-state index is -0.256. The van der Waals surface area contributed by atoms with Gasteiger partial charge in [-0.25, -0.2) is 0 Å². The molecule has 3 heterocycles. The predicted molar refractivity (Wildman–Crippen MR) is 118 cm³/mol. The summed E-state index contributed by atoms with van der Waals surface area (Å²) in [7, 11) is 0. The standard InChI is InChI=1S/C24H24N4O3/c1-14-6-7-16(24(31)28-17-8-9-18(28)13-25-22(29)12-17)11-20(14)27-23(30)21-10-15-4-2-3-5-19(15)26-21/h2-7,10-11,17-18,26H,8-9,12-13H2,1H3,(H,25,29)(H,27,30)/t17-,18+/m1/s1. The molecule has 1 aromatic heterocycles. The Labute approximate surface area is 179 Å². The Bertz CT molecular complexity index is 1170. The number of nitrogens with one attached hydrogen (secondary N) is 3. The maximum absolute atomic E-state index is 13.3. The van der Waals surface area contributed by atoms with Crippen LogP contribution in [0.1, 0.15) is 45.7 Å². The maximum Gasteiger partial charge on any atom is 0.272 e. The van der Waals surface area contributed by atoms with Crippen molar-refractivity contribution in [1.29, 1.82) is 0 Å². The van der Waals surface area contributed by atoms with E-state index in [2.05, 4.69) is 15.6 Å². The predicted octanol–water partition coefficient (Wildman–Crippen LogP) is 3.22. The highest BCUT2D eigenvalue weighted by molar-refractivity contribution is 6.07. The molecule has 3 N–H and O–H groups in total. The van der Waals surface area contributed by atoms with Crippen molar-refractivity contribution in [2.75, 3.05) is 11.9 Å². The zero-order valence-corrected chi connectivity index (χ0v) is 17.3. The first-order chi connectivity index (χ1) is 15.0. The third-order valence-corrected chi connectivity index (χ3v) is 6.32. The van der Waals surface area contributed by atoms with Gasteiger partial charge in [-0.3, -0.25) is 14.4 Å². The van der Waals surface area contributed by atoms with Gasteiger partial charge in [0.1, 0.15) is 5.69 Å². The molecular formula is C24H24N4O3. The van der Waals surface area contributed by atoms with Crippen LogP contribution in [0.4, 0.5) is 5.69 Å². The lowest BCUT2D eigenvalue weighted by molar-refractivity contribution is -0.121. The number of carbonyl (C=O) groups excluding carboxylic acids is 3. The number of carbonyl (C=O) groups is 3. The van der Waals surface area contributed by atoms with Crippen molar-refractivity contribution in [1.82, 2.24) is 15.2 Å². The topological polar surface area (TPSA) is 94.3 Å². The van der Waals surface area contributed by atoms with Gasteiger partial charge < -0.3 is 20.5 Å². The molecule has 0 aliphatic carbocycles. The van der Waals surface area contributed by atoms with Crippen molar-refractivity contribution >= 4 is 34.3 Å². The average molecular weight is 416 g/mol. The molecule has 0 spiro atoms.